The molecule has 2 saturated carbocycles. The van der Waals surface area contributed by atoms with Crippen LogP contribution in [-0.2, 0) is 19.6 Å². The van der Waals surface area contributed by atoms with Crippen LogP contribution in [0.3, 0.4) is 0 Å². The van der Waals surface area contributed by atoms with Crippen LogP contribution in [0.15, 0.2) is 46.2 Å². The van der Waals surface area contributed by atoms with Crippen molar-refractivity contribution in [3.8, 4) is 6.07 Å². The van der Waals surface area contributed by atoms with E-state index in [2.05, 4.69) is 10.2 Å². The summed E-state index contributed by atoms with van der Waals surface area (Å²) in [6, 6.07) is 9.10. The van der Waals surface area contributed by atoms with Gasteiger partial charge in [-0.25, -0.2) is 30.7 Å². The van der Waals surface area contributed by atoms with E-state index in [-0.39, 0.29) is 35.3 Å². The van der Waals surface area contributed by atoms with Gasteiger partial charge in [0.1, 0.15) is 23.3 Å². The summed E-state index contributed by atoms with van der Waals surface area (Å²) in [6.07, 6.45) is 3.25. The van der Waals surface area contributed by atoms with Gasteiger partial charge in [-0.3, -0.25) is 4.79 Å². The lowest BCUT2D eigenvalue weighted by molar-refractivity contribution is -0.213. The number of hydrogen-bond donors (Lipinski definition) is 2. The van der Waals surface area contributed by atoms with Crippen LogP contribution in [0.5, 0.6) is 0 Å². The van der Waals surface area contributed by atoms with Gasteiger partial charge >= 0.3 is 0 Å². The summed E-state index contributed by atoms with van der Waals surface area (Å²) in [7, 11) is -3.18. The number of carbonyl (C=O) groups is 1. The van der Waals surface area contributed by atoms with Crippen molar-refractivity contribution in [2.24, 2.45) is 5.41 Å². The first kappa shape index (κ1) is 33.5. The number of anilines is 1. The third-order valence-electron chi connectivity index (χ3n) is 8.98. The molecule has 244 valence electrons. The zero-order valence-electron chi connectivity index (χ0n) is 24.9. The second-order valence-electron chi connectivity index (χ2n) is 12.4. The monoisotopic (exact) mass is 668 g/mol. The van der Waals surface area contributed by atoms with Crippen LogP contribution in [0.2, 0.25) is 0 Å². The highest BCUT2D eigenvalue weighted by atomic mass is 32.2. The highest BCUT2D eigenvalue weighted by Crippen LogP contribution is 2.56. The van der Waals surface area contributed by atoms with Crippen molar-refractivity contribution in [2.45, 2.75) is 78.7 Å². The Morgan fingerprint density at radius 1 is 1.11 bits per heavy atom. The molecule has 1 heterocycles. The number of sulfonamides is 1. The van der Waals surface area contributed by atoms with E-state index in [1.54, 1.807) is 12.1 Å². The van der Waals surface area contributed by atoms with Crippen LogP contribution in [0.1, 0.15) is 56.9 Å². The minimum absolute atomic E-state index is 0.114. The predicted molar refractivity (Wildman–Crippen MR) is 161 cm³/mol. The van der Waals surface area contributed by atoms with Gasteiger partial charge in [0.2, 0.25) is 5.92 Å². The molecule has 2 N–H and O–H groups in total. The van der Waals surface area contributed by atoms with Gasteiger partial charge in [0.15, 0.2) is 0 Å². The highest BCUT2D eigenvalue weighted by molar-refractivity contribution is 7.99. The number of rotatable bonds is 12. The second-order valence-corrected chi connectivity index (χ2v) is 15.2. The first-order valence-corrected chi connectivity index (χ1v) is 17.4. The number of carbonyl (C=O) groups excluding carboxylic acids is 1. The fourth-order valence-corrected chi connectivity index (χ4v) is 8.74. The number of thioether (sulfide) groups is 1. The normalized spacial score (nSPS) is 20.8. The number of methoxy groups -OCH3 is 1. The number of nitriles is 1. The van der Waals surface area contributed by atoms with Gasteiger partial charge in [-0.05, 0) is 55.7 Å². The molecular formula is C31H36F4N4O4S2. The quantitative estimate of drug-likeness (QED) is 0.220. The Balaban J connectivity index is 1.30. The molecule has 5 rings (SSSR count). The highest BCUT2D eigenvalue weighted by Gasteiger charge is 2.61. The number of benzene rings is 2. The first-order valence-electron chi connectivity index (χ1n) is 14.9. The molecule has 45 heavy (non-hydrogen) atoms. The van der Waals surface area contributed by atoms with E-state index >= 15 is 4.39 Å². The van der Waals surface area contributed by atoms with Gasteiger partial charge in [-0.1, -0.05) is 19.3 Å². The number of alkyl halides is 2. The molecule has 8 nitrogen and oxygen atoms in total. The molecule has 0 radical (unpaired) electrons. The lowest BCUT2D eigenvalue weighted by atomic mass is 9.61. The average Bonchev–Trinajstić information content (AvgIpc) is 2.97. The van der Waals surface area contributed by atoms with Crippen LogP contribution in [0.25, 0.3) is 0 Å². The van der Waals surface area contributed by atoms with Crippen LogP contribution in [0.4, 0.5) is 23.2 Å². The molecule has 14 heteroatoms. The Labute approximate surface area is 264 Å². The Bertz CT molecular complexity index is 1540. The Morgan fingerprint density at radius 3 is 2.38 bits per heavy atom. The molecule has 1 saturated heterocycles. The molecule has 1 spiro atoms. The molecule has 0 unspecified atom stereocenters. The van der Waals surface area contributed by atoms with Crippen molar-refractivity contribution in [3.63, 3.8) is 0 Å². The number of halogens is 4. The van der Waals surface area contributed by atoms with Crippen molar-refractivity contribution in [3.05, 3.63) is 53.6 Å². The molecule has 0 aromatic heterocycles. The zero-order valence-corrected chi connectivity index (χ0v) is 26.5. The third-order valence-corrected chi connectivity index (χ3v) is 11.5. The van der Waals surface area contributed by atoms with Crippen molar-refractivity contribution in [2.75, 3.05) is 37.8 Å². The van der Waals surface area contributed by atoms with E-state index in [4.69, 9.17) is 4.74 Å². The summed E-state index contributed by atoms with van der Waals surface area (Å²) < 4.78 is 89.6. The van der Waals surface area contributed by atoms with Crippen molar-refractivity contribution in [1.82, 2.24) is 9.62 Å². The lowest BCUT2D eigenvalue weighted by Gasteiger charge is -2.59. The van der Waals surface area contributed by atoms with Crippen LogP contribution >= 0.6 is 11.8 Å². The number of ether oxygens (including phenoxy) is 1. The largest absolute Gasteiger partial charge is 0.378 e. The summed E-state index contributed by atoms with van der Waals surface area (Å²) in [4.78, 5) is 15.3. The zero-order chi connectivity index (χ0) is 32.5. The smallest absolute Gasteiger partial charge is 0.265 e. The molecule has 3 aliphatic rings. The van der Waals surface area contributed by atoms with E-state index < -0.39 is 44.2 Å². The molecule has 1 atom stereocenters. The Hall–Kier alpha value is -2.86. The SMILES string of the molecule is COC1(C(=O)NS(=O)(=O)c2cc(F)c(N[C@H](CCN3CC4(C3)CC(F)(F)C4)CSc3ccc(F)cc3)c(C#N)c2)CCCCC1. The lowest BCUT2D eigenvalue weighted by Crippen LogP contribution is -2.65. The minimum Gasteiger partial charge on any atom is -0.378 e. The molecule has 1 amide bonds. The molecule has 2 aromatic carbocycles. The fraction of sp³-hybridized carbons (Fsp3) is 0.548. The van der Waals surface area contributed by atoms with E-state index in [1.165, 1.54) is 31.0 Å². The molecule has 2 aromatic rings. The second kappa shape index (κ2) is 13.1. The standard InChI is InChI=1S/C31H36F4N4O4S2/c1-43-30(10-3-2-4-11-30)28(40)38-45(41,42)25-13-21(15-36)27(26(33)14-25)37-23(16-44-24-7-5-22(32)6-8-24)9-12-39-19-29(20-39)17-31(34,35)18-29/h5-8,13-14,23,37H,2-4,9-12,16-20H2,1H3,(H,38,40)/t23-/m1/s1. The molecule has 2 aliphatic carbocycles. The Morgan fingerprint density at radius 2 is 1.78 bits per heavy atom. The van der Waals surface area contributed by atoms with Crippen LogP contribution < -0.4 is 10.0 Å². The topological polar surface area (TPSA) is 112 Å². The number of nitrogens with one attached hydrogen (secondary N) is 2. The van der Waals surface area contributed by atoms with E-state index in [9.17, 15) is 31.6 Å². The summed E-state index contributed by atoms with van der Waals surface area (Å²) in [5, 5.41) is 12.9. The minimum atomic E-state index is -4.53. The fourth-order valence-electron chi connectivity index (χ4n) is 6.69. The Kier molecular flexibility index (Phi) is 9.75. The molecule has 3 fully saturated rings. The van der Waals surface area contributed by atoms with Gasteiger partial charge in [0.05, 0.1) is 16.1 Å². The first-order chi connectivity index (χ1) is 21.3. The van der Waals surface area contributed by atoms with Crippen molar-refractivity contribution >= 4 is 33.4 Å². The molecule has 1 aliphatic heterocycles. The summed E-state index contributed by atoms with van der Waals surface area (Å²) in [5.74, 6) is -4.41. The van der Waals surface area contributed by atoms with Crippen LogP contribution in [-0.4, -0.2) is 69.3 Å². The van der Waals surface area contributed by atoms with E-state index in [1.807, 2.05) is 10.8 Å². The predicted octanol–water partition coefficient (Wildman–Crippen LogP) is 5.68. The van der Waals surface area contributed by atoms with E-state index in [0.717, 1.165) is 23.4 Å². The van der Waals surface area contributed by atoms with Gasteiger partial charge in [0.25, 0.3) is 15.9 Å². The van der Waals surface area contributed by atoms with E-state index in [0.29, 0.717) is 57.5 Å². The molecule has 0 bridgehead atoms. The maximum atomic E-state index is 15.6. The van der Waals surface area contributed by atoms with Crippen molar-refractivity contribution in [1.29, 1.82) is 5.26 Å². The van der Waals surface area contributed by atoms with Gasteiger partial charge < -0.3 is 15.0 Å². The average molecular weight is 669 g/mol. The number of amides is 1. The molecular weight excluding hydrogens is 632 g/mol. The summed E-state index contributed by atoms with van der Waals surface area (Å²) in [6.45, 7) is 1.65. The van der Waals surface area contributed by atoms with Gasteiger partial charge in [0, 0.05) is 61.7 Å². The third kappa shape index (κ3) is 7.59. The summed E-state index contributed by atoms with van der Waals surface area (Å²) in [5.41, 5.74) is -2.09. The van der Waals surface area contributed by atoms with Gasteiger partial charge in [-0.2, -0.15) is 5.26 Å². The number of likely N-dealkylation sites (tertiary alicyclic amines) is 1. The van der Waals surface area contributed by atoms with Crippen molar-refractivity contribution < 1.29 is 35.5 Å². The maximum Gasteiger partial charge on any atom is 0.265 e. The van der Waals surface area contributed by atoms with Crippen LogP contribution in [0, 0.1) is 28.4 Å². The number of hydrogen-bond acceptors (Lipinski definition) is 8. The maximum absolute atomic E-state index is 15.6. The number of nitrogens with zero attached hydrogens (tertiary/aromatic N) is 2. The van der Waals surface area contributed by atoms with Gasteiger partial charge in [-0.15, -0.1) is 11.8 Å². The summed E-state index contributed by atoms with van der Waals surface area (Å²) >= 11 is 1.39.